The van der Waals surface area contributed by atoms with Gasteiger partial charge in [-0.2, -0.15) is 0 Å². The molecule has 0 saturated heterocycles. The Labute approximate surface area is 150 Å². The number of anilines is 1. The van der Waals surface area contributed by atoms with E-state index in [9.17, 15) is 14.0 Å². The summed E-state index contributed by atoms with van der Waals surface area (Å²) in [6, 6.07) is 10.3. The van der Waals surface area contributed by atoms with Crippen molar-refractivity contribution in [2.45, 2.75) is 13.5 Å². The monoisotopic (exact) mass is 364 g/mol. The summed E-state index contributed by atoms with van der Waals surface area (Å²) in [4.78, 5) is 25.7. The van der Waals surface area contributed by atoms with Gasteiger partial charge in [-0.1, -0.05) is 23.7 Å². The summed E-state index contributed by atoms with van der Waals surface area (Å²) in [5, 5.41) is 0.333. The predicted molar refractivity (Wildman–Crippen MR) is 93.6 cm³/mol. The van der Waals surface area contributed by atoms with Crippen LogP contribution in [0.1, 0.15) is 22.8 Å². The number of carbonyl (C=O) groups excluding carboxylic acids is 2. The fraction of sp³-hybridized carbons (Fsp3) is 0.222. The van der Waals surface area contributed by atoms with Gasteiger partial charge in [-0.3, -0.25) is 4.79 Å². The van der Waals surface area contributed by atoms with E-state index in [4.69, 9.17) is 22.1 Å². The van der Waals surface area contributed by atoms with Gasteiger partial charge in [0.2, 0.25) is 0 Å². The number of hydrogen-bond donors (Lipinski definition) is 1. The molecule has 0 unspecified atom stereocenters. The highest BCUT2D eigenvalue weighted by atomic mass is 35.5. The molecular formula is C18H18ClFN2O3. The van der Waals surface area contributed by atoms with E-state index in [0.717, 1.165) is 0 Å². The molecule has 0 fully saturated rings. The van der Waals surface area contributed by atoms with Gasteiger partial charge in [0.1, 0.15) is 5.82 Å². The van der Waals surface area contributed by atoms with E-state index in [-0.39, 0.29) is 29.5 Å². The van der Waals surface area contributed by atoms with Crippen LogP contribution in [-0.2, 0) is 16.1 Å². The third kappa shape index (κ3) is 5.19. The molecule has 0 aliphatic rings. The van der Waals surface area contributed by atoms with Crippen molar-refractivity contribution < 1.29 is 18.7 Å². The molecule has 5 nitrogen and oxygen atoms in total. The van der Waals surface area contributed by atoms with Crippen LogP contribution in [0.15, 0.2) is 42.5 Å². The number of hydrogen-bond acceptors (Lipinski definition) is 4. The van der Waals surface area contributed by atoms with E-state index in [2.05, 4.69) is 0 Å². The largest absolute Gasteiger partial charge is 0.452 e. The summed E-state index contributed by atoms with van der Waals surface area (Å²) >= 11 is 5.80. The van der Waals surface area contributed by atoms with Crippen molar-refractivity contribution in [2.75, 3.05) is 18.9 Å². The maximum atomic E-state index is 13.2. The van der Waals surface area contributed by atoms with Crippen LogP contribution in [0.3, 0.4) is 0 Å². The van der Waals surface area contributed by atoms with Gasteiger partial charge in [-0.15, -0.1) is 0 Å². The minimum Gasteiger partial charge on any atom is -0.452 e. The molecule has 0 heterocycles. The maximum Gasteiger partial charge on any atom is 0.338 e. The first-order valence-corrected chi connectivity index (χ1v) is 8.03. The smallest absolute Gasteiger partial charge is 0.338 e. The molecule has 2 rings (SSSR count). The zero-order valence-electron chi connectivity index (χ0n) is 13.7. The van der Waals surface area contributed by atoms with Crippen molar-refractivity contribution >= 4 is 29.2 Å². The summed E-state index contributed by atoms with van der Waals surface area (Å²) in [5.41, 5.74) is 6.76. The Morgan fingerprint density at radius 2 is 2.00 bits per heavy atom. The first kappa shape index (κ1) is 18.7. The number of esters is 1. The van der Waals surface area contributed by atoms with Crippen LogP contribution in [-0.4, -0.2) is 29.9 Å². The molecule has 0 aliphatic heterocycles. The lowest BCUT2D eigenvalue weighted by molar-refractivity contribution is -0.134. The quantitative estimate of drug-likeness (QED) is 0.630. The molecule has 0 radical (unpaired) electrons. The highest BCUT2D eigenvalue weighted by Crippen LogP contribution is 2.20. The standard InChI is InChI=1S/C18H18ClFN2O3/c1-2-22(10-12-4-3-5-14(20)8-12)17(23)11-25-18(24)13-6-7-15(19)16(21)9-13/h3-9H,2,10-11,21H2,1H3. The number of benzene rings is 2. The van der Waals surface area contributed by atoms with Crippen LogP contribution in [0, 0.1) is 5.82 Å². The fourth-order valence-corrected chi connectivity index (χ4v) is 2.32. The van der Waals surface area contributed by atoms with Crippen LogP contribution in [0.2, 0.25) is 5.02 Å². The average molecular weight is 365 g/mol. The van der Waals surface area contributed by atoms with Gasteiger partial charge < -0.3 is 15.4 Å². The van der Waals surface area contributed by atoms with Crippen molar-refractivity contribution in [3.63, 3.8) is 0 Å². The van der Waals surface area contributed by atoms with Crippen molar-refractivity contribution in [3.05, 3.63) is 64.4 Å². The number of likely N-dealkylation sites (N-methyl/N-ethyl adjacent to an activating group) is 1. The zero-order valence-corrected chi connectivity index (χ0v) is 14.4. The molecule has 0 aliphatic carbocycles. The van der Waals surface area contributed by atoms with Crippen LogP contribution in [0.5, 0.6) is 0 Å². The minimum atomic E-state index is -0.668. The molecule has 0 atom stereocenters. The van der Waals surface area contributed by atoms with Gasteiger partial charge >= 0.3 is 5.97 Å². The van der Waals surface area contributed by atoms with Crippen LogP contribution < -0.4 is 5.73 Å². The molecule has 0 bridgehead atoms. The highest BCUT2D eigenvalue weighted by molar-refractivity contribution is 6.33. The highest BCUT2D eigenvalue weighted by Gasteiger charge is 2.16. The molecule has 2 aromatic carbocycles. The predicted octanol–water partition coefficient (Wildman–Crippen LogP) is 3.27. The second kappa shape index (κ2) is 8.48. The lowest BCUT2D eigenvalue weighted by atomic mass is 10.2. The number of halogens is 2. The molecule has 25 heavy (non-hydrogen) atoms. The molecule has 7 heteroatoms. The molecule has 0 spiro atoms. The molecular weight excluding hydrogens is 347 g/mol. The van der Waals surface area contributed by atoms with E-state index in [1.807, 2.05) is 0 Å². The van der Waals surface area contributed by atoms with Crippen molar-refractivity contribution in [2.24, 2.45) is 0 Å². The van der Waals surface area contributed by atoms with E-state index in [0.29, 0.717) is 17.1 Å². The first-order valence-electron chi connectivity index (χ1n) is 7.65. The summed E-state index contributed by atoms with van der Waals surface area (Å²) in [6.07, 6.45) is 0. The third-order valence-electron chi connectivity index (χ3n) is 3.56. The third-order valence-corrected chi connectivity index (χ3v) is 3.90. The molecule has 132 valence electrons. The Balaban J connectivity index is 1.95. The number of amides is 1. The Morgan fingerprint density at radius 3 is 2.64 bits per heavy atom. The summed E-state index contributed by atoms with van der Waals surface area (Å²) < 4.78 is 18.3. The Morgan fingerprint density at radius 1 is 1.24 bits per heavy atom. The van der Waals surface area contributed by atoms with E-state index < -0.39 is 12.6 Å². The van der Waals surface area contributed by atoms with Crippen LogP contribution >= 0.6 is 11.6 Å². The number of nitrogen functional groups attached to an aromatic ring is 1. The van der Waals surface area contributed by atoms with Crippen molar-refractivity contribution in [1.29, 1.82) is 0 Å². The first-order chi connectivity index (χ1) is 11.9. The van der Waals surface area contributed by atoms with Gasteiger partial charge in [0.05, 0.1) is 16.3 Å². The number of carbonyl (C=O) groups is 2. The Hall–Kier alpha value is -2.60. The van der Waals surface area contributed by atoms with Crippen molar-refractivity contribution in [1.82, 2.24) is 4.90 Å². The summed E-state index contributed by atoms with van der Waals surface area (Å²) in [6.45, 7) is 2.02. The number of nitrogens with two attached hydrogens (primary N) is 1. The average Bonchev–Trinajstić information content (AvgIpc) is 2.59. The van der Waals surface area contributed by atoms with Gasteiger partial charge in [-0.25, -0.2) is 9.18 Å². The Bertz CT molecular complexity index is 783. The normalized spacial score (nSPS) is 10.4. The minimum absolute atomic E-state index is 0.211. The number of ether oxygens (including phenoxy) is 1. The SMILES string of the molecule is CCN(Cc1cccc(F)c1)C(=O)COC(=O)c1ccc(Cl)c(N)c1. The maximum absolute atomic E-state index is 13.2. The number of rotatable bonds is 6. The van der Waals surface area contributed by atoms with E-state index in [1.54, 1.807) is 19.1 Å². The van der Waals surface area contributed by atoms with E-state index >= 15 is 0 Å². The molecule has 2 aromatic rings. The topological polar surface area (TPSA) is 72.6 Å². The summed E-state index contributed by atoms with van der Waals surface area (Å²) in [5.74, 6) is -1.41. The second-order valence-corrected chi connectivity index (χ2v) is 5.76. The lowest BCUT2D eigenvalue weighted by Crippen LogP contribution is -2.34. The molecule has 2 N–H and O–H groups in total. The van der Waals surface area contributed by atoms with Gasteiger partial charge in [0, 0.05) is 13.1 Å². The van der Waals surface area contributed by atoms with Crippen LogP contribution in [0.25, 0.3) is 0 Å². The van der Waals surface area contributed by atoms with Gasteiger partial charge in [0.25, 0.3) is 5.91 Å². The summed E-state index contributed by atoms with van der Waals surface area (Å²) in [7, 11) is 0. The Kier molecular flexibility index (Phi) is 6.36. The fourth-order valence-electron chi connectivity index (χ4n) is 2.20. The van der Waals surface area contributed by atoms with E-state index in [1.165, 1.54) is 35.2 Å². The number of nitrogens with zero attached hydrogens (tertiary/aromatic N) is 1. The molecule has 0 aromatic heterocycles. The van der Waals surface area contributed by atoms with Gasteiger partial charge in [0.15, 0.2) is 6.61 Å². The van der Waals surface area contributed by atoms with Gasteiger partial charge in [-0.05, 0) is 42.8 Å². The van der Waals surface area contributed by atoms with Crippen LogP contribution in [0.4, 0.5) is 10.1 Å². The molecule has 0 saturated carbocycles. The zero-order chi connectivity index (χ0) is 18.4. The molecule has 1 amide bonds. The lowest BCUT2D eigenvalue weighted by Gasteiger charge is -2.21. The van der Waals surface area contributed by atoms with Crippen molar-refractivity contribution in [3.8, 4) is 0 Å². The second-order valence-electron chi connectivity index (χ2n) is 5.35.